The van der Waals surface area contributed by atoms with Crippen molar-refractivity contribution in [3.8, 4) is 11.3 Å². The number of amides is 1. The number of benzene rings is 2. The van der Waals surface area contributed by atoms with Gasteiger partial charge in [-0.2, -0.15) is 0 Å². The van der Waals surface area contributed by atoms with E-state index in [1.165, 1.54) is 28.3 Å². The third kappa shape index (κ3) is 4.91. The number of anilines is 1. The molecule has 1 saturated heterocycles. The summed E-state index contributed by atoms with van der Waals surface area (Å²) in [6.07, 6.45) is 4.89. The number of aryl methyl sites for hydroxylation is 2. The number of rotatable bonds is 7. The maximum atomic E-state index is 13.1. The molecular weight excluding hydrogens is 456 g/mol. The molecule has 0 bridgehead atoms. The number of nitro groups is 1. The molecule has 1 fully saturated rings. The molecule has 1 aliphatic rings. The molecule has 0 radical (unpaired) electrons. The first-order valence-electron chi connectivity index (χ1n) is 10.6. The minimum Gasteiger partial charge on any atom is -0.456 e. The van der Waals surface area contributed by atoms with E-state index < -0.39 is 4.92 Å². The molecule has 0 aliphatic carbocycles. The number of hydrogen-bond donors (Lipinski definition) is 0. The molecule has 1 amide bonds. The van der Waals surface area contributed by atoms with Crippen LogP contribution in [-0.4, -0.2) is 15.2 Å². The summed E-state index contributed by atoms with van der Waals surface area (Å²) in [6.45, 7) is 3.95. The van der Waals surface area contributed by atoms with E-state index in [4.69, 9.17) is 16.6 Å². The Morgan fingerprint density at radius 3 is 2.61 bits per heavy atom. The Morgan fingerprint density at radius 2 is 1.91 bits per heavy atom. The van der Waals surface area contributed by atoms with Crippen molar-refractivity contribution in [2.24, 2.45) is 0 Å². The molecule has 2 aromatic carbocycles. The van der Waals surface area contributed by atoms with Crippen molar-refractivity contribution in [3.05, 3.63) is 86.5 Å². The molecule has 0 unspecified atom stereocenters. The van der Waals surface area contributed by atoms with Crippen LogP contribution in [0.1, 0.15) is 36.7 Å². The average Bonchev–Trinajstić information content (AvgIpc) is 3.37. The van der Waals surface area contributed by atoms with Crippen molar-refractivity contribution in [2.45, 2.75) is 33.1 Å². The summed E-state index contributed by atoms with van der Waals surface area (Å²) < 4.78 is 6.28. The number of carbonyl (C=O) groups excluding carboxylic acids is 1. The number of hydrogen-bond acceptors (Lipinski definition) is 6. The Labute approximate surface area is 201 Å². The van der Waals surface area contributed by atoms with Crippen LogP contribution in [0.2, 0.25) is 0 Å². The van der Waals surface area contributed by atoms with Gasteiger partial charge in [0.05, 0.1) is 21.1 Å². The molecule has 0 atom stereocenters. The number of nitrogens with zero attached hydrogens (tertiary/aromatic N) is 2. The zero-order valence-electron chi connectivity index (χ0n) is 18.2. The van der Waals surface area contributed by atoms with Crippen molar-refractivity contribution in [1.82, 2.24) is 0 Å². The topological polar surface area (TPSA) is 76.6 Å². The molecule has 1 aromatic heterocycles. The number of nitro benzene ring substituents is 1. The summed E-state index contributed by atoms with van der Waals surface area (Å²) >= 11 is 6.66. The van der Waals surface area contributed by atoms with E-state index in [1.54, 1.807) is 37.3 Å². The van der Waals surface area contributed by atoms with Gasteiger partial charge < -0.3 is 4.42 Å². The van der Waals surface area contributed by atoms with E-state index in [0.717, 1.165) is 30.5 Å². The molecule has 4 rings (SSSR count). The van der Waals surface area contributed by atoms with E-state index in [-0.39, 0.29) is 11.6 Å². The largest absolute Gasteiger partial charge is 0.456 e. The Kier molecular flexibility index (Phi) is 6.76. The maximum Gasteiger partial charge on any atom is 0.280 e. The highest BCUT2D eigenvalue weighted by atomic mass is 32.2. The summed E-state index contributed by atoms with van der Waals surface area (Å²) in [5, 5.41) is 11.4. The molecule has 0 N–H and O–H groups in total. The monoisotopic (exact) mass is 478 g/mol. The van der Waals surface area contributed by atoms with Gasteiger partial charge in [-0.25, -0.2) is 0 Å². The smallest absolute Gasteiger partial charge is 0.280 e. The number of carbonyl (C=O) groups is 1. The van der Waals surface area contributed by atoms with Crippen molar-refractivity contribution in [2.75, 3.05) is 4.90 Å². The van der Waals surface area contributed by atoms with Crippen LogP contribution in [0.25, 0.3) is 17.4 Å². The quantitative estimate of drug-likeness (QED) is 0.159. The number of furan rings is 1. The molecule has 0 saturated carbocycles. The van der Waals surface area contributed by atoms with Crippen molar-refractivity contribution in [1.29, 1.82) is 0 Å². The maximum absolute atomic E-state index is 13.1. The second-order valence-corrected chi connectivity index (χ2v) is 9.44. The third-order valence-electron chi connectivity index (χ3n) is 5.32. The first-order valence-corrected chi connectivity index (χ1v) is 11.8. The van der Waals surface area contributed by atoms with E-state index >= 15 is 0 Å². The predicted molar refractivity (Wildman–Crippen MR) is 136 cm³/mol. The summed E-state index contributed by atoms with van der Waals surface area (Å²) in [6, 6.07) is 16.2. The first-order chi connectivity index (χ1) is 15.9. The number of unbranched alkanes of at least 4 members (excludes halogenated alkanes) is 1. The Bertz CT molecular complexity index is 1260. The van der Waals surface area contributed by atoms with E-state index in [9.17, 15) is 14.9 Å². The lowest BCUT2D eigenvalue weighted by atomic mass is 10.1. The van der Waals surface area contributed by atoms with Crippen LogP contribution >= 0.6 is 24.0 Å². The fraction of sp³-hybridized carbons (Fsp3) is 0.200. The molecule has 0 spiro atoms. The van der Waals surface area contributed by atoms with Gasteiger partial charge in [0.2, 0.25) is 0 Å². The SMILES string of the molecule is CCCCc1ccc(N2C(=O)C(=Cc3ccc(-c4ccc(C)cc4[N+](=O)[O-])o3)SC2=S)cc1. The van der Waals surface area contributed by atoms with Gasteiger partial charge in [-0.3, -0.25) is 19.8 Å². The summed E-state index contributed by atoms with van der Waals surface area (Å²) in [5.41, 5.74) is 3.12. The average molecular weight is 479 g/mol. The molecule has 1 aliphatic heterocycles. The summed E-state index contributed by atoms with van der Waals surface area (Å²) in [5.74, 6) is 0.576. The highest BCUT2D eigenvalue weighted by Gasteiger charge is 2.33. The zero-order valence-corrected chi connectivity index (χ0v) is 19.9. The van der Waals surface area contributed by atoms with Crippen LogP contribution in [0, 0.1) is 17.0 Å². The van der Waals surface area contributed by atoms with Gasteiger partial charge >= 0.3 is 0 Å². The molecule has 3 aromatic rings. The van der Waals surface area contributed by atoms with Gasteiger partial charge in [-0.05, 0) is 61.2 Å². The number of thioether (sulfide) groups is 1. The standard InChI is InChI=1S/C25H22N2O4S2/c1-3-4-5-17-7-9-18(10-8-17)26-24(28)23(33-25(26)32)15-19-11-13-22(31-19)20-12-6-16(2)14-21(20)27(29)30/h6-15H,3-5H2,1-2H3. The Balaban J connectivity index is 1.57. The zero-order chi connectivity index (χ0) is 23.5. The van der Waals surface area contributed by atoms with Crippen molar-refractivity contribution < 1.29 is 14.1 Å². The first kappa shape index (κ1) is 22.9. The predicted octanol–water partition coefficient (Wildman–Crippen LogP) is 6.91. The second-order valence-electron chi connectivity index (χ2n) is 7.77. The van der Waals surface area contributed by atoms with Crippen LogP contribution in [0.5, 0.6) is 0 Å². The molecule has 8 heteroatoms. The Hall–Kier alpha value is -3.23. The third-order valence-corrected chi connectivity index (χ3v) is 6.62. The van der Waals surface area contributed by atoms with Gasteiger partial charge in [0.15, 0.2) is 4.32 Å². The molecule has 168 valence electrons. The lowest BCUT2D eigenvalue weighted by Crippen LogP contribution is -2.27. The van der Waals surface area contributed by atoms with Crippen molar-refractivity contribution in [3.63, 3.8) is 0 Å². The van der Waals surface area contributed by atoms with Crippen LogP contribution in [0.3, 0.4) is 0 Å². The summed E-state index contributed by atoms with van der Waals surface area (Å²) in [4.78, 5) is 26.0. The normalized spacial score (nSPS) is 15.0. The molecule has 6 nitrogen and oxygen atoms in total. The molecular formula is C25H22N2O4S2. The van der Waals surface area contributed by atoms with E-state index in [0.29, 0.717) is 26.3 Å². The van der Waals surface area contributed by atoms with Crippen molar-refractivity contribution >= 4 is 51.7 Å². The van der Waals surface area contributed by atoms with Gasteiger partial charge in [-0.15, -0.1) is 0 Å². The van der Waals surface area contributed by atoms with Gasteiger partial charge in [-0.1, -0.05) is 55.5 Å². The lowest BCUT2D eigenvalue weighted by molar-refractivity contribution is -0.384. The van der Waals surface area contributed by atoms with Crippen LogP contribution in [0.4, 0.5) is 11.4 Å². The van der Waals surface area contributed by atoms with Crippen LogP contribution in [0.15, 0.2) is 63.9 Å². The number of thiocarbonyl (C=S) groups is 1. The highest BCUT2D eigenvalue weighted by Crippen LogP contribution is 2.37. The lowest BCUT2D eigenvalue weighted by Gasteiger charge is -2.15. The van der Waals surface area contributed by atoms with Crippen LogP contribution in [-0.2, 0) is 11.2 Å². The molecule has 2 heterocycles. The minimum absolute atomic E-state index is 0.0235. The Morgan fingerprint density at radius 1 is 1.15 bits per heavy atom. The van der Waals surface area contributed by atoms with Crippen LogP contribution < -0.4 is 4.90 Å². The molecule has 33 heavy (non-hydrogen) atoms. The summed E-state index contributed by atoms with van der Waals surface area (Å²) in [7, 11) is 0. The van der Waals surface area contributed by atoms with E-state index in [1.807, 2.05) is 24.3 Å². The minimum atomic E-state index is -0.427. The van der Waals surface area contributed by atoms with Gasteiger partial charge in [0, 0.05) is 12.1 Å². The fourth-order valence-corrected chi connectivity index (χ4v) is 4.87. The second kappa shape index (κ2) is 9.72. The van der Waals surface area contributed by atoms with E-state index in [2.05, 4.69) is 6.92 Å². The fourth-order valence-electron chi connectivity index (χ4n) is 3.59. The van der Waals surface area contributed by atoms with Gasteiger partial charge in [0.25, 0.3) is 11.6 Å². The van der Waals surface area contributed by atoms with Gasteiger partial charge in [0.1, 0.15) is 11.5 Å². The highest BCUT2D eigenvalue weighted by molar-refractivity contribution is 8.27.